The predicted molar refractivity (Wildman–Crippen MR) is 231 cm³/mol. The van der Waals surface area contributed by atoms with Crippen molar-refractivity contribution in [2.24, 2.45) is 0 Å². The van der Waals surface area contributed by atoms with Crippen LogP contribution in [0.2, 0.25) is 0 Å². The van der Waals surface area contributed by atoms with Crippen molar-refractivity contribution in [2.45, 2.75) is 46.3 Å². The molecule has 0 amide bonds. The topological polar surface area (TPSA) is 224 Å². The Kier molecular flexibility index (Phi) is 26.9. The van der Waals surface area contributed by atoms with Crippen LogP contribution in [0.25, 0.3) is 11.1 Å². The number of carboxylic acids is 4. The van der Waals surface area contributed by atoms with Gasteiger partial charge in [0.1, 0.15) is 23.7 Å². The van der Waals surface area contributed by atoms with E-state index in [4.69, 9.17) is 44.8 Å². The van der Waals surface area contributed by atoms with Gasteiger partial charge >= 0.3 is 23.9 Å². The fourth-order valence-corrected chi connectivity index (χ4v) is 3.60. The monoisotopic (exact) mass is 828 g/mol. The second-order valence-corrected chi connectivity index (χ2v) is 13.0. The van der Waals surface area contributed by atoms with Gasteiger partial charge in [-0.15, -0.1) is 0 Å². The molecule has 6 N–H and O–H groups in total. The standard InChI is InChI=1S/C13H10.C6H10O3.2C6H6O.4C4H6O2/c1-3-7-12-10(5-1)9-11-6-2-4-8-13(11)12;1(5-3-8-5)7-2-6-4-9-6;2*7-6-4-2-1-3-5-6;4*1-3(2)4(5)6/h1-8H,9H2;5-6H,1-4H2;2*1-5,7H;4*1H2,2H3,(H,5,6). The summed E-state index contributed by atoms with van der Waals surface area (Å²) in [5, 5.41) is 48.8. The molecule has 0 aromatic heterocycles. The normalized spacial score (nSPS) is 13.5. The minimum atomic E-state index is -0.935. The molecule has 322 valence electrons. The average molecular weight is 829 g/mol. The van der Waals surface area contributed by atoms with Gasteiger partial charge in [0, 0.05) is 22.3 Å². The number of epoxide rings is 2. The molecule has 2 aliphatic heterocycles. The minimum absolute atomic E-state index is 0.176. The van der Waals surface area contributed by atoms with Crippen LogP contribution in [0.4, 0.5) is 0 Å². The zero-order chi connectivity index (χ0) is 45.6. The second-order valence-electron chi connectivity index (χ2n) is 13.0. The van der Waals surface area contributed by atoms with E-state index in [2.05, 4.69) is 74.8 Å². The van der Waals surface area contributed by atoms with Gasteiger partial charge in [-0.25, -0.2) is 19.2 Å². The quantitative estimate of drug-likeness (QED) is 0.0639. The molecule has 2 heterocycles. The molecule has 60 heavy (non-hydrogen) atoms. The van der Waals surface area contributed by atoms with E-state index in [1.54, 1.807) is 48.5 Å². The molecule has 0 saturated carbocycles. The summed E-state index contributed by atoms with van der Waals surface area (Å²) in [6, 6.07) is 34.7. The van der Waals surface area contributed by atoms with E-state index in [1.807, 2.05) is 12.1 Å². The van der Waals surface area contributed by atoms with Crippen LogP contribution in [0.1, 0.15) is 38.8 Å². The average Bonchev–Trinajstić information content (AvgIpc) is 4.16. The van der Waals surface area contributed by atoms with Gasteiger partial charge in [0.2, 0.25) is 0 Å². The van der Waals surface area contributed by atoms with Crippen molar-refractivity contribution in [1.82, 2.24) is 0 Å². The summed E-state index contributed by atoms with van der Waals surface area (Å²) in [5.74, 6) is -3.10. The van der Waals surface area contributed by atoms with Gasteiger partial charge in [-0.05, 0) is 80.6 Å². The second kappa shape index (κ2) is 30.3. The molecule has 0 radical (unpaired) electrons. The number of benzene rings is 4. The fourth-order valence-electron chi connectivity index (χ4n) is 3.60. The molecule has 7 rings (SSSR count). The predicted octanol–water partition coefficient (Wildman–Crippen LogP) is 8.43. The third-order valence-corrected chi connectivity index (χ3v) is 7.09. The maximum Gasteiger partial charge on any atom is 0.330 e. The number of carboxylic acid groups (broad SMARTS) is 4. The minimum Gasteiger partial charge on any atom is -0.508 e. The molecule has 2 atom stereocenters. The van der Waals surface area contributed by atoms with Crippen LogP contribution in [-0.2, 0) is 39.8 Å². The number of rotatable bonds is 8. The molecule has 13 heteroatoms. The number of ether oxygens (including phenoxy) is 3. The molecule has 3 aliphatic rings. The first-order valence-electron chi connectivity index (χ1n) is 18.3. The molecule has 0 bridgehead atoms. The highest BCUT2D eigenvalue weighted by Crippen LogP contribution is 2.35. The number of para-hydroxylation sites is 2. The van der Waals surface area contributed by atoms with Crippen molar-refractivity contribution in [3.63, 3.8) is 0 Å². The zero-order valence-corrected chi connectivity index (χ0v) is 34.5. The van der Waals surface area contributed by atoms with Gasteiger partial charge < -0.3 is 44.8 Å². The SMILES string of the molecule is C(OCC1CO1)C1CO1.C=C(C)C(=O)O.C=C(C)C(=O)O.C=C(C)C(=O)O.C=C(C)C(=O)O.Oc1ccccc1.Oc1ccccc1.c1ccc2c(c1)Cc1ccccc1-2. The van der Waals surface area contributed by atoms with Crippen LogP contribution in [-0.4, -0.2) is 93.2 Å². The van der Waals surface area contributed by atoms with Crippen molar-refractivity contribution < 1.29 is 64.0 Å². The van der Waals surface area contributed by atoms with Gasteiger partial charge in [-0.1, -0.05) is 111 Å². The Morgan fingerprint density at radius 2 is 0.733 bits per heavy atom. The molecular weight excluding hydrogens is 773 g/mol. The summed E-state index contributed by atoms with van der Waals surface area (Å²) in [6.07, 6.45) is 1.89. The van der Waals surface area contributed by atoms with Crippen LogP contribution in [0, 0.1) is 0 Å². The molecule has 13 nitrogen and oxygen atoms in total. The van der Waals surface area contributed by atoms with E-state index in [0.717, 1.165) is 32.8 Å². The Hall–Kier alpha value is -6.80. The fraction of sp³-hybridized carbons (Fsp3) is 0.234. The molecule has 1 aliphatic carbocycles. The van der Waals surface area contributed by atoms with E-state index >= 15 is 0 Å². The molecule has 0 spiro atoms. The summed E-state index contributed by atoms with van der Waals surface area (Å²) in [4.78, 5) is 38.4. The summed E-state index contributed by atoms with van der Waals surface area (Å²) < 4.78 is 15.1. The number of hydrogen-bond donors (Lipinski definition) is 6. The smallest absolute Gasteiger partial charge is 0.330 e. The van der Waals surface area contributed by atoms with E-state index in [0.29, 0.717) is 23.7 Å². The van der Waals surface area contributed by atoms with Crippen LogP contribution in [0.5, 0.6) is 11.5 Å². The van der Waals surface area contributed by atoms with E-state index in [9.17, 15) is 19.2 Å². The molecule has 2 unspecified atom stereocenters. The lowest BCUT2D eigenvalue weighted by Crippen LogP contribution is -2.06. The van der Waals surface area contributed by atoms with Crippen molar-refractivity contribution in [2.75, 3.05) is 26.4 Å². The number of fused-ring (bicyclic) bond motifs is 3. The Morgan fingerprint density at radius 3 is 0.933 bits per heavy atom. The van der Waals surface area contributed by atoms with Crippen LogP contribution in [0.15, 0.2) is 158 Å². The first kappa shape index (κ1) is 53.2. The number of aliphatic carboxylic acids is 4. The molecular formula is C47H56O13. The maximum absolute atomic E-state index is 9.60. The van der Waals surface area contributed by atoms with Gasteiger partial charge in [0.15, 0.2) is 0 Å². The Balaban J connectivity index is 0.000000678. The number of phenols is 2. The van der Waals surface area contributed by atoms with Crippen LogP contribution in [0.3, 0.4) is 0 Å². The lowest BCUT2D eigenvalue weighted by molar-refractivity contribution is -0.133. The molecule has 2 fully saturated rings. The summed E-state index contributed by atoms with van der Waals surface area (Å²) in [7, 11) is 0. The number of hydrogen-bond acceptors (Lipinski definition) is 9. The van der Waals surface area contributed by atoms with E-state index < -0.39 is 23.9 Å². The summed E-state index contributed by atoms with van der Waals surface area (Å²) in [6.45, 7) is 21.7. The van der Waals surface area contributed by atoms with Gasteiger partial charge in [0.25, 0.3) is 0 Å². The summed E-state index contributed by atoms with van der Waals surface area (Å²) in [5.41, 5.74) is 6.46. The van der Waals surface area contributed by atoms with Crippen molar-refractivity contribution in [3.8, 4) is 22.6 Å². The molecule has 2 saturated heterocycles. The lowest BCUT2D eigenvalue weighted by atomic mass is 10.1. The summed E-state index contributed by atoms with van der Waals surface area (Å²) >= 11 is 0. The third kappa shape index (κ3) is 28.6. The number of phenolic OH excluding ortho intramolecular Hbond substituents is 2. The van der Waals surface area contributed by atoms with Crippen LogP contribution >= 0.6 is 0 Å². The van der Waals surface area contributed by atoms with Crippen molar-refractivity contribution >= 4 is 23.9 Å². The Labute approximate surface area is 351 Å². The zero-order valence-electron chi connectivity index (χ0n) is 34.5. The van der Waals surface area contributed by atoms with Crippen molar-refractivity contribution in [3.05, 3.63) is 169 Å². The highest BCUT2D eigenvalue weighted by atomic mass is 16.6. The molecule has 4 aromatic rings. The van der Waals surface area contributed by atoms with Crippen molar-refractivity contribution in [1.29, 1.82) is 0 Å². The van der Waals surface area contributed by atoms with E-state index in [-0.39, 0.29) is 22.3 Å². The largest absolute Gasteiger partial charge is 0.508 e. The first-order chi connectivity index (χ1) is 28.3. The highest BCUT2D eigenvalue weighted by molar-refractivity contribution is 5.86. The van der Waals surface area contributed by atoms with Gasteiger partial charge in [-0.3, -0.25) is 0 Å². The van der Waals surface area contributed by atoms with Gasteiger partial charge in [0.05, 0.1) is 26.4 Å². The lowest BCUT2D eigenvalue weighted by Gasteiger charge is -1.98. The Morgan fingerprint density at radius 1 is 0.500 bits per heavy atom. The number of aromatic hydroxyl groups is 2. The Bertz CT molecular complexity index is 1730. The number of carbonyl (C=O) groups is 4. The molecule has 4 aromatic carbocycles. The van der Waals surface area contributed by atoms with E-state index in [1.165, 1.54) is 49.9 Å². The highest BCUT2D eigenvalue weighted by Gasteiger charge is 2.26. The first-order valence-corrected chi connectivity index (χ1v) is 18.3. The third-order valence-electron chi connectivity index (χ3n) is 7.09. The van der Waals surface area contributed by atoms with Crippen LogP contribution < -0.4 is 0 Å². The maximum atomic E-state index is 9.60. The van der Waals surface area contributed by atoms with Gasteiger partial charge in [-0.2, -0.15) is 0 Å².